The molecule has 1 fully saturated rings. The quantitative estimate of drug-likeness (QED) is 0.736. The van der Waals surface area contributed by atoms with Gasteiger partial charge in [-0.2, -0.15) is 0 Å². The molecule has 3 N–H and O–H groups in total. The van der Waals surface area contributed by atoms with E-state index in [1.54, 1.807) is 0 Å². The molecule has 0 atom stereocenters. The summed E-state index contributed by atoms with van der Waals surface area (Å²) in [5, 5.41) is 2.54. The van der Waals surface area contributed by atoms with E-state index in [9.17, 15) is 19.2 Å². The van der Waals surface area contributed by atoms with E-state index in [4.69, 9.17) is 5.73 Å². The van der Waals surface area contributed by atoms with Crippen LogP contribution in [-0.2, 0) is 9.59 Å². The lowest BCUT2D eigenvalue weighted by Crippen LogP contribution is -2.38. The van der Waals surface area contributed by atoms with E-state index in [2.05, 4.69) is 5.32 Å². The molecule has 8 heteroatoms. The van der Waals surface area contributed by atoms with Gasteiger partial charge in [0, 0.05) is 18.3 Å². The van der Waals surface area contributed by atoms with Crippen molar-refractivity contribution in [2.45, 2.75) is 0 Å². The van der Waals surface area contributed by atoms with Gasteiger partial charge >= 0.3 is 6.03 Å². The zero-order valence-electron chi connectivity index (χ0n) is 11.3. The summed E-state index contributed by atoms with van der Waals surface area (Å²) in [4.78, 5) is 48.0. The summed E-state index contributed by atoms with van der Waals surface area (Å²) in [6, 6.07) is 5.46. The van der Waals surface area contributed by atoms with Gasteiger partial charge in [0.2, 0.25) is 11.8 Å². The van der Waals surface area contributed by atoms with Crippen molar-refractivity contribution in [1.29, 1.82) is 0 Å². The molecular formula is C13H14N4O4. The minimum atomic E-state index is -0.566. The second-order valence-corrected chi connectivity index (χ2v) is 4.61. The number of amides is 5. The molecule has 110 valence electrons. The molecule has 0 bridgehead atoms. The minimum Gasteiger partial charge on any atom is -0.366 e. The van der Waals surface area contributed by atoms with E-state index < -0.39 is 23.8 Å². The van der Waals surface area contributed by atoms with Crippen molar-refractivity contribution in [3.63, 3.8) is 0 Å². The van der Waals surface area contributed by atoms with Crippen molar-refractivity contribution in [3.05, 3.63) is 29.8 Å². The number of primary amides is 1. The molecule has 2 rings (SSSR count). The average molecular weight is 290 g/mol. The fourth-order valence-corrected chi connectivity index (χ4v) is 1.89. The molecule has 8 nitrogen and oxygen atoms in total. The number of carbonyl (C=O) groups excluding carboxylic acids is 4. The highest BCUT2D eigenvalue weighted by Crippen LogP contribution is 2.11. The molecular weight excluding hydrogens is 276 g/mol. The number of imide groups is 1. The largest absolute Gasteiger partial charge is 0.366 e. The molecule has 0 aromatic heterocycles. The third kappa shape index (κ3) is 3.16. The Balaban J connectivity index is 1.97. The Morgan fingerprint density at radius 3 is 2.33 bits per heavy atom. The second kappa shape index (κ2) is 5.61. The van der Waals surface area contributed by atoms with Crippen molar-refractivity contribution >= 4 is 29.4 Å². The Hall–Kier alpha value is -2.90. The Kier molecular flexibility index (Phi) is 3.88. The number of likely N-dealkylation sites (N-methyl/N-ethyl adjacent to an activating group) is 1. The van der Waals surface area contributed by atoms with Gasteiger partial charge in [0.15, 0.2) is 0 Å². The lowest BCUT2D eigenvalue weighted by molar-refractivity contribution is -0.129. The number of hydrogen-bond donors (Lipinski definition) is 2. The van der Waals surface area contributed by atoms with E-state index in [-0.39, 0.29) is 13.1 Å². The molecule has 1 aliphatic rings. The second-order valence-electron chi connectivity index (χ2n) is 4.61. The van der Waals surface area contributed by atoms with E-state index in [0.29, 0.717) is 11.3 Å². The summed E-state index contributed by atoms with van der Waals surface area (Å²) in [5.41, 5.74) is 5.87. The SMILES string of the molecule is CN1CC(=O)N(CC(=O)Nc2ccc(C(N)=O)cc2)C1=O. The standard InChI is InChI=1S/C13H14N4O4/c1-16-7-11(19)17(13(16)21)6-10(18)15-9-4-2-8(3-5-9)12(14)20/h2-5H,6-7H2,1H3,(H2,14,20)(H,15,18). The number of rotatable bonds is 4. The molecule has 1 aromatic rings. The molecule has 0 radical (unpaired) electrons. The number of nitrogens with one attached hydrogen (secondary N) is 1. The maximum atomic E-state index is 11.8. The summed E-state index contributed by atoms with van der Waals surface area (Å²) >= 11 is 0. The predicted molar refractivity (Wildman–Crippen MR) is 73.3 cm³/mol. The zero-order chi connectivity index (χ0) is 15.6. The maximum Gasteiger partial charge on any atom is 0.327 e. The summed E-state index contributed by atoms with van der Waals surface area (Å²) in [6.07, 6.45) is 0. The molecule has 0 saturated carbocycles. The topological polar surface area (TPSA) is 113 Å². The molecule has 1 heterocycles. The molecule has 0 unspecified atom stereocenters. The van der Waals surface area contributed by atoms with Crippen LogP contribution in [0.2, 0.25) is 0 Å². The summed E-state index contributed by atoms with van der Waals surface area (Å²) < 4.78 is 0. The molecule has 21 heavy (non-hydrogen) atoms. The van der Waals surface area contributed by atoms with Crippen LogP contribution in [0.3, 0.4) is 0 Å². The summed E-state index contributed by atoms with van der Waals surface area (Å²) in [5.74, 6) is -1.48. The van der Waals surface area contributed by atoms with Gasteiger partial charge in [-0.15, -0.1) is 0 Å². The fourth-order valence-electron chi connectivity index (χ4n) is 1.89. The maximum absolute atomic E-state index is 11.8. The van der Waals surface area contributed by atoms with Gasteiger partial charge in [-0.1, -0.05) is 0 Å². The number of nitrogens with zero attached hydrogens (tertiary/aromatic N) is 2. The van der Waals surface area contributed by atoms with Gasteiger partial charge in [-0.05, 0) is 24.3 Å². The Morgan fingerprint density at radius 1 is 1.24 bits per heavy atom. The lowest BCUT2D eigenvalue weighted by atomic mass is 10.2. The summed E-state index contributed by atoms with van der Waals surface area (Å²) in [7, 11) is 1.49. The van der Waals surface area contributed by atoms with Crippen LogP contribution in [0.1, 0.15) is 10.4 Å². The molecule has 1 saturated heterocycles. The van der Waals surface area contributed by atoms with Crippen LogP contribution < -0.4 is 11.1 Å². The smallest absolute Gasteiger partial charge is 0.327 e. The van der Waals surface area contributed by atoms with E-state index in [1.807, 2.05) is 0 Å². The number of anilines is 1. The van der Waals surface area contributed by atoms with Crippen molar-refractivity contribution in [2.75, 3.05) is 25.5 Å². The highest BCUT2D eigenvalue weighted by molar-refractivity contribution is 6.06. The van der Waals surface area contributed by atoms with Crippen LogP contribution in [0.5, 0.6) is 0 Å². The third-order valence-electron chi connectivity index (χ3n) is 2.99. The predicted octanol–water partition coefficient (Wildman–Crippen LogP) is -0.382. The Bertz CT molecular complexity index is 611. The van der Waals surface area contributed by atoms with Crippen molar-refractivity contribution in [1.82, 2.24) is 9.80 Å². The van der Waals surface area contributed by atoms with Crippen LogP contribution in [0, 0.1) is 0 Å². The molecule has 0 spiro atoms. The van der Waals surface area contributed by atoms with Gasteiger partial charge < -0.3 is 16.0 Å². The van der Waals surface area contributed by atoms with Crippen molar-refractivity contribution < 1.29 is 19.2 Å². The number of carbonyl (C=O) groups is 4. The highest BCUT2D eigenvalue weighted by atomic mass is 16.2. The lowest BCUT2D eigenvalue weighted by Gasteiger charge is -2.13. The van der Waals surface area contributed by atoms with E-state index in [1.165, 1.54) is 36.2 Å². The highest BCUT2D eigenvalue weighted by Gasteiger charge is 2.34. The first-order valence-electron chi connectivity index (χ1n) is 6.13. The van der Waals surface area contributed by atoms with Gasteiger partial charge in [0.25, 0.3) is 5.91 Å². The molecule has 1 aromatic carbocycles. The first-order valence-corrected chi connectivity index (χ1v) is 6.13. The molecule has 5 amide bonds. The fraction of sp³-hybridized carbons (Fsp3) is 0.231. The third-order valence-corrected chi connectivity index (χ3v) is 2.99. The van der Waals surface area contributed by atoms with Crippen LogP contribution in [-0.4, -0.2) is 53.7 Å². The van der Waals surface area contributed by atoms with E-state index >= 15 is 0 Å². The van der Waals surface area contributed by atoms with Crippen LogP contribution in [0.4, 0.5) is 10.5 Å². The normalized spacial score (nSPS) is 14.5. The molecule has 0 aliphatic carbocycles. The number of benzene rings is 1. The number of hydrogen-bond acceptors (Lipinski definition) is 4. The number of urea groups is 1. The van der Waals surface area contributed by atoms with E-state index in [0.717, 1.165) is 4.90 Å². The van der Waals surface area contributed by atoms with Gasteiger partial charge in [0.05, 0.1) is 0 Å². The monoisotopic (exact) mass is 290 g/mol. The zero-order valence-corrected chi connectivity index (χ0v) is 11.3. The Labute approximate surface area is 120 Å². The van der Waals surface area contributed by atoms with Crippen molar-refractivity contribution in [3.8, 4) is 0 Å². The van der Waals surface area contributed by atoms with Crippen LogP contribution in [0.15, 0.2) is 24.3 Å². The van der Waals surface area contributed by atoms with Gasteiger partial charge in [-0.25, -0.2) is 4.79 Å². The minimum absolute atomic E-state index is 0.0284. The summed E-state index contributed by atoms with van der Waals surface area (Å²) in [6.45, 7) is -0.376. The van der Waals surface area contributed by atoms with Crippen molar-refractivity contribution in [2.24, 2.45) is 5.73 Å². The average Bonchev–Trinajstić information content (AvgIpc) is 2.66. The molecule has 1 aliphatic heterocycles. The van der Waals surface area contributed by atoms with Crippen LogP contribution >= 0.6 is 0 Å². The first kappa shape index (κ1) is 14.5. The van der Waals surface area contributed by atoms with Gasteiger partial charge in [0.1, 0.15) is 13.1 Å². The number of nitrogens with two attached hydrogens (primary N) is 1. The van der Waals surface area contributed by atoms with Crippen LogP contribution in [0.25, 0.3) is 0 Å². The van der Waals surface area contributed by atoms with Gasteiger partial charge in [-0.3, -0.25) is 19.3 Å². The Morgan fingerprint density at radius 2 is 1.86 bits per heavy atom. The first-order chi connectivity index (χ1) is 9.88.